The van der Waals surface area contributed by atoms with E-state index in [1.165, 1.54) is 61.7 Å². The number of rotatable bonds is 5. The van der Waals surface area contributed by atoms with Crippen molar-refractivity contribution < 1.29 is 28.7 Å². The number of fused-ring (bicyclic) bond motifs is 1. The number of anilines is 1. The topological polar surface area (TPSA) is 123 Å². The van der Waals surface area contributed by atoms with Crippen LogP contribution >= 0.6 is 11.3 Å². The minimum Gasteiger partial charge on any atom is -0.507 e. The van der Waals surface area contributed by atoms with Gasteiger partial charge in [-0.3, -0.25) is 24.6 Å². The number of benzene rings is 3. The highest BCUT2D eigenvalue weighted by molar-refractivity contribution is 7.22. The molecule has 5 rings (SSSR count). The number of hydrogen-bond donors (Lipinski definition) is 1. The van der Waals surface area contributed by atoms with Crippen LogP contribution in [0.5, 0.6) is 5.75 Å². The second kappa shape index (κ2) is 8.86. The van der Waals surface area contributed by atoms with Crippen molar-refractivity contribution in [1.82, 2.24) is 4.98 Å². The lowest BCUT2D eigenvalue weighted by Gasteiger charge is -2.22. The third-order valence-electron chi connectivity index (χ3n) is 5.75. The van der Waals surface area contributed by atoms with Crippen molar-refractivity contribution >= 4 is 49.8 Å². The molecular weight excluding hydrogens is 489 g/mol. The Morgan fingerprint density at radius 3 is 2.58 bits per heavy atom. The fourth-order valence-corrected chi connectivity index (χ4v) is 5.06. The summed E-state index contributed by atoms with van der Waals surface area (Å²) in [7, 11) is 1.48. The fourth-order valence-electron chi connectivity index (χ4n) is 4.05. The minimum absolute atomic E-state index is 0.0861. The molecule has 36 heavy (non-hydrogen) atoms. The van der Waals surface area contributed by atoms with Crippen LogP contribution in [-0.4, -0.2) is 33.8 Å². The second-order valence-electron chi connectivity index (χ2n) is 7.86. The van der Waals surface area contributed by atoms with Crippen LogP contribution in [0, 0.1) is 15.9 Å². The van der Waals surface area contributed by atoms with Gasteiger partial charge in [0, 0.05) is 17.7 Å². The Bertz CT molecular complexity index is 1580. The second-order valence-corrected chi connectivity index (χ2v) is 8.87. The molecule has 180 valence electrons. The van der Waals surface area contributed by atoms with E-state index in [1.54, 1.807) is 12.1 Å². The van der Waals surface area contributed by atoms with Gasteiger partial charge in [-0.2, -0.15) is 0 Å². The summed E-state index contributed by atoms with van der Waals surface area (Å²) in [5, 5.41) is 22.7. The zero-order valence-electron chi connectivity index (χ0n) is 18.5. The number of nitro benzene ring substituents is 1. The Morgan fingerprint density at radius 2 is 1.89 bits per heavy atom. The Hall–Kier alpha value is -4.64. The Kier molecular flexibility index (Phi) is 5.69. The molecule has 11 heteroatoms. The van der Waals surface area contributed by atoms with Gasteiger partial charge < -0.3 is 9.84 Å². The van der Waals surface area contributed by atoms with E-state index in [4.69, 9.17) is 4.74 Å². The van der Waals surface area contributed by atoms with E-state index in [-0.39, 0.29) is 27.5 Å². The van der Waals surface area contributed by atoms with Crippen LogP contribution < -0.4 is 9.64 Å². The lowest BCUT2D eigenvalue weighted by Crippen LogP contribution is -2.29. The first-order valence-corrected chi connectivity index (χ1v) is 11.4. The van der Waals surface area contributed by atoms with Gasteiger partial charge in [0.25, 0.3) is 11.5 Å². The van der Waals surface area contributed by atoms with Gasteiger partial charge in [-0.1, -0.05) is 23.5 Å². The van der Waals surface area contributed by atoms with Gasteiger partial charge in [-0.25, -0.2) is 9.37 Å². The molecule has 1 aliphatic heterocycles. The molecular formula is C25H16FN3O6S. The molecule has 9 nitrogen and oxygen atoms in total. The standard InChI is InChI=1S/C25H16FN3O6S/c1-35-17-8-5-13(6-9-17)22(30)20-21(14-3-2-4-16(11-14)29(33)34)28(24(32)23(20)31)25-27-18-10-7-15(26)12-19(18)36-25/h2-12,21,30H,1H3/b22-20+. The van der Waals surface area contributed by atoms with Gasteiger partial charge in [-0.05, 0) is 48.0 Å². The first-order chi connectivity index (χ1) is 17.3. The number of halogens is 1. The van der Waals surface area contributed by atoms with Crippen LogP contribution in [0.15, 0.2) is 72.3 Å². The van der Waals surface area contributed by atoms with Crippen LogP contribution in [0.4, 0.5) is 15.2 Å². The third kappa shape index (κ3) is 3.85. The van der Waals surface area contributed by atoms with Crippen molar-refractivity contribution in [3.63, 3.8) is 0 Å². The van der Waals surface area contributed by atoms with E-state index >= 15 is 0 Å². The highest BCUT2D eigenvalue weighted by atomic mass is 32.1. The zero-order valence-corrected chi connectivity index (χ0v) is 19.4. The summed E-state index contributed by atoms with van der Waals surface area (Å²) in [6, 6.07) is 14.4. The van der Waals surface area contributed by atoms with Gasteiger partial charge in [0.2, 0.25) is 0 Å². The number of carbonyl (C=O) groups is 2. The normalized spacial score (nSPS) is 17.1. The monoisotopic (exact) mass is 505 g/mol. The predicted molar refractivity (Wildman–Crippen MR) is 130 cm³/mol. The highest BCUT2D eigenvalue weighted by Crippen LogP contribution is 2.45. The number of ketones is 1. The molecule has 1 atom stereocenters. The summed E-state index contributed by atoms with van der Waals surface area (Å²) in [4.78, 5) is 42.8. The van der Waals surface area contributed by atoms with E-state index < -0.39 is 34.2 Å². The largest absolute Gasteiger partial charge is 0.507 e. The number of ether oxygens (including phenoxy) is 1. The highest BCUT2D eigenvalue weighted by Gasteiger charge is 2.48. The van der Waals surface area contributed by atoms with Crippen LogP contribution in [0.25, 0.3) is 16.0 Å². The Balaban J connectivity index is 1.73. The molecule has 1 amide bonds. The average Bonchev–Trinajstić information content (AvgIpc) is 3.41. The molecule has 0 bridgehead atoms. The minimum atomic E-state index is -1.21. The number of hydrogen-bond acceptors (Lipinski definition) is 8. The van der Waals surface area contributed by atoms with Crippen LogP contribution in [0.1, 0.15) is 17.2 Å². The van der Waals surface area contributed by atoms with E-state index in [9.17, 15) is 29.2 Å². The summed E-state index contributed by atoms with van der Waals surface area (Å²) in [6.07, 6.45) is 0. The number of non-ortho nitro benzene ring substituents is 1. The first-order valence-electron chi connectivity index (χ1n) is 10.5. The number of aliphatic hydroxyl groups is 1. The summed E-state index contributed by atoms with van der Waals surface area (Å²) < 4.78 is 19.3. The lowest BCUT2D eigenvalue weighted by atomic mass is 9.95. The molecule has 0 saturated carbocycles. The molecule has 3 aromatic carbocycles. The molecule has 4 aromatic rings. The third-order valence-corrected chi connectivity index (χ3v) is 6.77. The van der Waals surface area contributed by atoms with Crippen LogP contribution in [0.3, 0.4) is 0 Å². The maximum atomic E-state index is 13.8. The summed E-state index contributed by atoms with van der Waals surface area (Å²) >= 11 is 0.985. The Morgan fingerprint density at radius 1 is 1.14 bits per heavy atom. The van der Waals surface area contributed by atoms with Crippen molar-refractivity contribution in [2.24, 2.45) is 0 Å². The Labute approximate surface area is 206 Å². The molecule has 1 unspecified atom stereocenters. The number of nitro groups is 1. The number of carbonyl (C=O) groups excluding carboxylic acids is 2. The van der Waals surface area contributed by atoms with Crippen LogP contribution in [0.2, 0.25) is 0 Å². The fraction of sp³-hybridized carbons (Fsp3) is 0.0800. The van der Waals surface area contributed by atoms with Crippen molar-refractivity contribution in [3.8, 4) is 5.75 Å². The number of aliphatic hydroxyl groups excluding tert-OH is 1. The SMILES string of the molecule is COc1ccc(/C(O)=C2\C(=O)C(=O)N(c3nc4ccc(F)cc4s3)C2c2cccc([N+](=O)[O-])c2)cc1. The molecule has 2 heterocycles. The maximum Gasteiger partial charge on any atom is 0.301 e. The van der Waals surface area contributed by atoms with Crippen molar-refractivity contribution in [2.75, 3.05) is 12.0 Å². The van der Waals surface area contributed by atoms with E-state index in [2.05, 4.69) is 4.98 Å². The summed E-state index contributed by atoms with van der Waals surface area (Å²) in [5.41, 5.74) is 0.371. The number of Topliss-reactive ketones (excluding diaryl/α,β-unsaturated/α-hetero) is 1. The van der Waals surface area contributed by atoms with Gasteiger partial charge in [0.05, 0.1) is 33.9 Å². The van der Waals surface area contributed by atoms with Crippen molar-refractivity contribution in [3.05, 3.63) is 99.4 Å². The van der Waals surface area contributed by atoms with E-state index in [1.807, 2.05) is 0 Å². The molecule has 1 saturated heterocycles. The molecule has 1 aliphatic rings. The van der Waals surface area contributed by atoms with E-state index in [0.29, 0.717) is 16.0 Å². The molecule has 0 radical (unpaired) electrons. The number of amides is 1. The maximum absolute atomic E-state index is 13.8. The lowest BCUT2D eigenvalue weighted by molar-refractivity contribution is -0.384. The average molecular weight is 505 g/mol. The molecule has 0 aliphatic carbocycles. The van der Waals surface area contributed by atoms with Crippen molar-refractivity contribution in [1.29, 1.82) is 0 Å². The number of aromatic nitrogens is 1. The van der Waals surface area contributed by atoms with E-state index in [0.717, 1.165) is 16.2 Å². The summed E-state index contributed by atoms with van der Waals surface area (Å²) in [6.45, 7) is 0. The zero-order chi connectivity index (χ0) is 25.6. The van der Waals surface area contributed by atoms with Gasteiger partial charge in [0.15, 0.2) is 5.13 Å². The first kappa shape index (κ1) is 23.1. The number of nitrogens with zero attached hydrogens (tertiary/aromatic N) is 3. The predicted octanol–water partition coefficient (Wildman–Crippen LogP) is 4.98. The molecule has 0 spiro atoms. The summed E-state index contributed by atoms with van der Waals surface area (Å²) in [5.74, 6) is -2.38. The quantitative estimate of drug-likeness (QED) is 0.133. The van der Waals surface area contributed by atoms with Crippen molar-refractivity contribution in [2.45, 2.75) is 6.04 Å². The molecule has 1 fully saturated rings. The smallest absolute Gasteiger partial charge is 0.301 e. The van der Waals surface area contributed by atoms with Gasteiger partial charge in [0.1, 0.15) is 17.3 Å². The number of thiazole rings is 1. The molecule has 1 N–H and O–H groups in total. The molecule has 1 aromatic heterocycles. The van der Waals surface area contributed by atoms with Gasteiger partial charge >= 0.3 is 5.91 Å². The van der Waals surface area contributed by atoms with Gasteiger partial charge in [-0.15, -0.1) is 0 Å². The van der Waals surface area contributed by atoms with Crippen LogP contribution in [-0.2, 0) is 9.59 Å². The number of methoxy groups -OCH3 is 1.